The Morgan fingerprint density at radius 1 is 1.10 bits per heavy atom. The number of anilines is 1. The minimum absolute atomic E-state index is 0.00854. The fourth-order valence-electron chi connectivity index (χ4n) is 9.31. The van der Waals surface area contributed by atoms with Crippen molar-refractivity contribution in [1.29, 1.82) is 0 Å². The molecule has 2 N–H and O–H groups in total. The molecule has 50 heavy (non-hydrogen) atoms. The first-order valence-electron chi connectivity index (χ1n) is 18.6. The van der Waals surface area contributed by atoms with E-state index in [9.17, 15) is 5.11 Å². The van der Waals surface area contributed by atoms with Crippen LogP contribution in [0.3, 0.4) is 0 Å². The molecule has 2 aromatic heterocycles. The molecule has 0 saturated carbocycles. The number of rotatable bonds is 8. The summed E-state index contributed by atoms with van der Waals surface area (Å²) in [6.45, 7) is 7.43. The molecule has 0 aliphatic carbocycles. The van der Waals surface area contributed by atoms with Crippen molar-refractivity contribution in [2.24, 2.45) is 11.8 Å². The summed E-state index contributed by atoms with van der Waals surface area (Å²) in [5.74, 6) is 1.93. The van der Waals surface area contributed by atoms with E-state index in [1.165, 1.54) is 31.4 Å². The highest BCUT2D eigenvalue weighted by Gasteiger charge is 2.50. The highest BCUT2D eigenvalue weighted by Crippen LogP contribution is 2.46. The van der Waals surface area contributed by atoms with E-state index in [2.05, 4.69) is 40.0 Å². The summed E-state index contributed by atoms with van der Waals surface area (Å²) in [6, 6.07) is 5.30. The summed E-state index contributed by atoms with van der Waals surface area (Å²) >= 11 is 0. The molecule has 4 fully saturated rings. The number of hydrogen-bond acceptors (Lipinski definition) is 10. The summed E-state index contributed by atoms with van der Waals surface area (Å²) in [5.41, 5.74) is -1.35. The normalized spacial score (nSPS) is 28.8. The van der Waals surface area contributed by atoms with E-state index in [0.717, 1.165) is 32.4 Å². The van der Waals surface area contributed by atoms with Gasteiger partial charge in [0.2, 0.25) is 5.88 Å². The van der Waals surface area contributed by atoms with Crippen molar-refractivity contribution in [3.05, 3.63) is 41.5 Å². The Hall–Kier alpha value is -4.31. The summed E-state index contributed by atoms with van der Waals surface area (Å²) < 4.78 is 73.0. The predicted octanol–water partition coefficient (Wildman–Crippen LogP) is 5.28. The number of piperazine rings is 1. The number of aromatic nitrogens is 3. The van der Waals surface area contributed by atoms with Crippen LogP contribution in [-0.2, 0) is 4.74 Å². The van der Waals surface area contributed by atoms with Gasteiger partial charge in [0.25, 0.3) is 0 Å². The molecule has 10 nitrogen and oxygen atoms in total. The van der Waals surface area contributed by atoms with E-state index in [1.54, 1.807) is 0 Å². The number of fused-ring (bicyclic) bond motifs is 5. The number of halogens is 2. The fourth-order valence-corrected chi connectivity index (χ4v) is 9.31. The summed E-state index contributed by atoms with van der Waals surface area (Å²) in [7, 11) is -1.18. The highest BCUT2D eigenvalue weighted by atomic mass is 19.1. The van der Waals surface area contributed by atoms with E-state index >= 15 is 8.78 Å². The second-order valence-corrected chi connectivity index (χ2v) is 14.9. The van der Waals surface area contributed by atoms with Crippen LogP contribution in [0.2, 0.25) is 0 Å². The average Bonchev–Trinajstić information content (AvgIpc) is 3.70. The number of terminal acetylenes is 1. The second kappa shape index (κ2) is 12.2. The van der Waals surface area contributed by atoms with Gasteiger partial charge in [0, 0.05) is 50.2 Å². The summed E-state index contributed by atoms with van der Waals surface area (Å²) in [6.07, 6.45) is 9.10. The molecule has 4 saturated heterocycles. The van der Waals surface area contributed by atoms with Crippen LogP contribution in [0.1, 0.15) is 49.2 Å². The maximum Gasteiger partial charge on any atom is 0.319 e. The van der Waals surface area contributed by atoms with Crippen LogP contribution in [0.4, 0.5) is 14.6 Å². The Morgan fingerprint density at radius 2 is 1.90 bits per heavy atom. The van der Waals surface area contributed by atoms with Gasteiger partial charge in [0.05, 0.1) is 34.5 Å². The monoisotopic (exact) mass is 687 g/mol. The number of nitrogens with zero attached hydrogens (tertiary/aromatic N) is 5. The van der Waals surface area contributed by atoms with Gasteiger partial charge in [-0.05, 0) is 61.1 Å². The van der Waals surface area contributed by atoms with Gasteiger partial charge in [0.15, 0.2) is 5.82 Å². The molecule has 0 spiro atoms. The van der Waals surface area contributed by atoms with E-state index < -0.39 is 24.2 Å². The van der Waals surface area contributed by atoms with Crippen LogP contribution >= 0.6 is 0 Å². The zero-order chi connectivity index (χ0) is 37.4. The standard InChI is InChI=1S/C38H42F2N6O4/c1-6-26-28(39)8-7-23-11-25(47)12-27(29(23)26)32-31(40)33-30(35(41-32)49-5)34(45-17-24-9-10-37(18-45,44-24)19-48-4)43-36(42-33)50-20-38-13-21(2)15-46(38)16-22(3)14-38/h1,7-8,11-12,21-22,24,44,47H,9-10,13-20H2,2-5H3/t21?,22?,24-,37+,38?/m1/s1/i4D3. The van der Waals surface area contributed by atoms with Crippen molar-refractivity contribution in [1.82, 2.24) is 25.2 Å². The maximum atomic E-state index is 17.3. The molecule has 262 valence electrons. The SMILES string of the molecule is [2H]C([2H])([2H])OC[C@]12CC[C@H](CN(c3nc(OCC45CC(C)CN4CC(C)C5)nc4c(F)c(-c5cc(O)cc6ccc(F)c(C#C)c56)nc(OC)c34)C1)N2. The Morgan fingerprint density at radius 3 is 2.64 bits per heavy atom. The van der Waals surface area contributed by atoms with Gasteiger partial charge < -0.3 is 29.5 Å². The van der Waals surface area contributed by atoms with E-state index in [4.69, 9.17) is 29.7 Å². The zero-order valence-electron chi connectivity index (χ0n) is 31.4. The first-order valence-corrected chi connectivity index (χ1v) is 17.1. The lowest BCUT2D eigenvalue weighted by atomic mass is 9.89. The second-order valence-electron chi connectivity index (χ2n) is 14.9. The first-order chi connectivity index (χ1) is 25.2. The van der Waals surface area contributed by atoms with E-state index in [1.807, 2.05) is 4.90 Å². The number of nitrogens with one attached hydrogen (secondary N) is 1. The molecule has 8 rings (SSSR count). The Bertz CT molecular complexity index is 2150. The number of hydrogen-bond donors (Lipinski definition) is 2. The smallest absolute Gasteiger partial charge is 0.319 e. The summed E-state index contributed by atoms with van der Waals surface area (Å²) in [4.78, 5) is 18.6. The molecule has 2 bridgehead atoms. The minimum Gasteiger partial charge on any atom is -0.508 e. The van der Waals surface area contributed by atoms with E-state index in [0.29, 0.717) is 49.2 Å². The summed E-state index contributed by atoms with van der Waals surface area (Å²) in [5, 5.41) is 15.0. The lowest BCUT2D eigenvalue weighted by Gasteiger charge is -2.42. The van der Waals surface area contributed by atoms with Crippen molar-refractivity contribution < 1.29 is 32.2 Å². The number of ether oxygens (including phenoxy) is 3. The molecule has 12 heteroatoms. The van der Waals surface area contributed by atoms with Gasteiger partial charge in [-0.2, -0.15) is 9.97 Å². The number of pyridine rings is 1. The molecule has 4 aliphatic rings. The van der Waals surface area contributed by atoms with Gasteiger partial charge in [-0.25, -0.2) is 13.8 Å². The van der Waals surface area contributed by atoms with Gasteiger partial charge in [-0.3, -0.25) is 4.90 Å². The minimum atomic E-state index is -2.58. The molecule has 2 unspecified atom stereocenters. The lowest BCUT2D eigenvalue weighted by Crippen LogP contribution is -2.61. The van der Waals surface area contributed by atoms with Gasteiger partial charge in [-0.1, -0.05) is 25.8 Å². The molecule has 6 heterocycles. The van der Waals surface area contributed by atoms with Gasteiger partial charge in [0.1, 0.15) is 40.6 Å². The molecule has 4 atom stereocenters. The largest absolute Gasteiger partial charge is 0.508 e. The number of phenols is 1. The Balaban J connectivity index is 1.30. The third-order valence-electron chi connectivity index (χ3n) is 11.1. The van der Waals surface area contributed by atoms with Crippen LogP contribution in [0.15, 0.2) is 24.3 Å². The topological polar surface area (TPSA) is 105 Å². The maximum absolute atomic E-state index is 17.3. The van der Waals surface area contributed by atoms with Crippen LogP contribution in [0.25, 0.3) is 32.9 Å². The predicted molar refractivity (Wildman–Crippen MR) is 187 cm³/mol. The zero-order valence-corrected chi connectivity index (χ0v) is 28.4. The lowest BCUT2D eigenvalue weighted by molar-refractivity contribution is 0.107. The van der Waals surface area contributed by atoms with Crippen molar-refractivity contribution in [3.8, 4) is 41.2 Å². The molecular formula is C38H42F2N6O4. The number of phenolic OH excluding ortho intramolecular Hbond substituents is 1. The van der Waals surface area contributed by atoms with Crippen LogP contribution in [0.5, 0.6) is 17.6 Å². The fraction of sp³-hybridized carbons (Fsp3) is 0.500. The Labute approximate surface area is 294 Å². The molecule has 0 radical (unpaired) electrons. The molecule has 0 amide bonds. The van der Waals surface area contributed by atoms with Crippen molar-refractivity contribution in [2.75, 3.05) is 58.4 Å². The van der Waals surface area contributed by atoms with Crippen LogP contribution in [0, 0.1) is 35.8 Å². The number of methoxy groups -OCH3 is 2. The van der Waals surface area contributed by atoms with Crippen molar-refractivity contribution in [3.63, 3.8) is 0 Å². The highest BCUT2D eigenvalue weighted by molar-refractivity contribution is 6.04. The number of aromatic hydroxyl groups is 1. The van der Waals surface area contributed by atoms with Crippen molar-refractivity contribution >= 4 is 27.5 Å². The quantitative estimate of drug-likeness (QED) is 0.238. The third kappa shape index (κ3) is 5.29. The first kappa shape index (κ1) is 29.4. The van der Waals surface area contributed by atoms with Crippen molar-refractivity contribution in [2.45, 2.75) is 56.7 Å². The number of benzene rings is 2. The van der Waals surface area contributed by atoms with E-state index in [-0.39, 0.29) is 68.9 Å². The Kier molecular flexibility index (Phi) is 7.17. The molecule has 2 aromatic carbocycles. The van der Waals surface area contributed by atoms with Gasteiger partial charge in [-0.15, -0.1) is 6.42 Å². The molecular weight excluding hydrogens is 642 g/mol. The average molecular weight is 688 g/mol. The molecule has 4 aromatic rings. The van der Waals surface area contributed by atoms with Crippen LogP contribution in [-0.4, -0.2) is 95.6 Å². The van der Waals surface area contributed by atoms with Gasteiger partial charge >= 0.3 is 6.01 Å². The molecule has 4 aliphatic heterocycles. The van der Waals surface area contributed by atoms with Crippen LogP contribution < -0.4 is 19.7 Å². The third-order valence-corrected chi connectivity index (χ3v) is 11.1.